The van der Waals surface area contributed by atoms with Crippen LogP contribution >= 0.6 is 0 Å². The van der Waals surface area contributed by atoms with Gasteiger partial charge in [-0.05, 0) is 41.8 Å². The van der Waals surface area contributed by atoms with Gasteiger partial charge in [0.1, 0.15) is 0 Å². The van der Waals surface area contributed by atoms with E-state index >= 15 is 0 Å². The average molecular weight is 465 g/mol. The maximum atomic E-state index is 2.46. The largest absolute Gasteiger partial charge is 0.309 e. The Balaban J connectivity index is 1.66. The van der Waals surface area contributed by atoms with Gasteiger partial charge in [0, 0.05) is 27.1 Å². The number of aromatic nitrogens is 2. The van der Waals surface area contributed by atoms with Crippen LogP contribution in [-0.2, 0) is 5.41 Å². The van der Waals surface area contributed by atoms with Gasteiger partial charge in [0.15, 0.2) is 0 Å². The molecule has 0 spiro atoms. The second-order valence-corrected chi connectivity index (χ2v) is 10.7. The third kappa shape index (κ3) is 2.91. The van der Waals surface area contributed by atoms with E-state index in [1.54, 1.807) is 0 Å². The average Bonchev–Trinajstić information content (AvgIpc) is 3.41. The second-order valence-electron chi connectivity index (χ2n) is 10.7. The molecule has 0 N–H and O–H groups in total. The summed E-state index contributed by atoms with van der Waals surface area (Å²) in [5.74, 6) is 0. The molecule has 0 aliphatic heterocycles. The van der Waals surface area contributed by atoms with E-state index in [1.165, 1.54) is 60.5 Å². The zero-order chi connectivity index (χ0) is 24.4. The molecule has 0 saturated heterocycles. The maximum Gasteiger partial charge on any atom is 0.0541 e. The summed E-state index contributed by atoms with van der Waals surface area (Å²) in [4.78, 5) is 0. The molecule has 0 fully saturated rings. The summed E-state index contributed by atoms with van der Waals surface area (Å²) in [6, 6.07) is 41.8. The van der Waals surface area contributed by atoms with Gasteiger partial charge in [-0.2, -0.15) is 0 Å². The van der Waals surface area contributed by atoms with Crippen LogP contribution in [0.15, 0.2) is 115 Å². The predicted molar refractivity (Wildman–Crippen MR) is 154 cm³/mol. The first-order valence-corrected chi connectivity index (χ1v) is 12.6. The molecular formula is C34H28N2. The van der Waals surface area contributed by atoms with Crippen LogP contribution in [0.2, 0.25) is 0 Å². The van der Waals surface area contributed by atoms with E-state index in [-0.39, 0.29) is 5.41 Å². The highest BCUT2D eigenvalue weighted by Crippen LogP contribution is 2.41. The first-order chi connectivity index (χ1) is 17.5. The van der Waals surface area contributed by atoms with Crippen LogP contribution in [0.4, 0.5) is 0 Å². The minimum Gasteiger partial charge on any atom is -0.309 e. The van der Waals surface area contributed by atoms with Gasteiger partial charge in [-0.25, -0.2) is 0 Å². The van der Waals surface area contributed by atoms with Gasteiger partial charge in [-0.15, -0.1) is 0 Å². The van der Waals surface area contributed by atoms with Gasteiger partial charge in [0.05, 0.1) is 33.4 Å². The fraction of sp³-hybridized carbons (Fsp3) is 0.118. The van der Waals surface area contributed by atoms with Crippen molar-refractivity contribution >= 4 is 43.6 Å². The highest BCUT2D eigenvalue weighted by molar-refractivity contribution is 6.10. The molecule has 2 heteroatoms. The fourth-order valence-electron chi connectivity index (χ4n) is 6.03. The van der Waals surface area contributed by atoms with Gasteiger partial charge >= 0.3 is 0 Å². The molecule has 2 nitrogen and oxygen atoms in total. The van der Waals surface area contributed by atoms with Crippen molar-refractivity contribution in [1.82, 2.24) is 9.13 Å². The van der Waals surface area contributed by atoms with Crippen molar-refractivity contribution < 1.29 is 0 Å². The SMILES string of the molecule is CC(C)(C)c1c(-n2c3ccccc3c3ccccc32)cccc1-n1c2ccccc2c2ccccc21. The Labute approximate surface area is 211 Å². The summed E-state index contributed by atoms with van der Waals surface area (Å²) in [5.41, 5.74) is 8.67. The van der Waals surface area contributed by atoms with E-state index in [0.717, 1.165) is 0 Å². The molecule has 0 aliphatic rings. The van der Waals surface area contributed by atoms with Crippen LogP contribution in [0.1, 0.15) is 26.3 Å². The topological polar surface area (TPSA) is 9.86 Å². The van der Waals surface area contributed by atoms with E-state index < -0.39 is 0 Å². The van der Waals surface area contributed by atoms with E-state index in [0.29, 0.717) is 0 Å². The Morgan fingerprint density at radius 2 is 0.694 bits per heavy atom. The lowest BCUT2D eigenvalue weighted by Crippen LogP contribution is -2.19. The van der Waals surface area contributed by atoms with Gasteiger partial charge < -0.3 is 9.13 Å². The van der Waals surface area contributed by atoms with Crippen LogP contribution in [0.3, 0.4) is 0 Å². The molecule has 0 unspecified atom stereocenters. The van der Waals surface area contributed by atoms with E-state index in [9.17, 15) is 0 Å². The van der Waals surface area contributed by atoms with Gasteiger partial charge in [0.2, 0.25) is 0 Å². The monoisotopic (exact) mass is 464 g/mol. The summed E-state index contributed by atoms with van der Waals surface area (Å²) in [6.07, 6.45) is 0. The Kier molecular flexibility index (Phi) is 4.44. The Morgan fingerprint density at radius 3 is 1.00 bits per heavy atom. The fourth-order valence-corrected chi connectivity index (χ4v) is 6.03. The smallest absolute Gasteiger partial charge is 0.0541 e. The van der Waals surface area contributed by atoms with E-state index in [4.69, 9.17) is 0 Å². The predicted octanol–water partition coefficient (Wildman–Crippen LogP) is 9.18. The summed E-state index contributed by atoms with van der Waals surface area (Å²) < 4.78 is 4.92. The van der Waals surface area contributed by atoms with Crippen LogP contribution in [-0.4, -0.2) is 9.13 Å². The van der Waals surface area contributed by atoms with Crippen LogP contribution in [0.25, 0.3) is 55.0 Å². The standard InChI is InChI=1S/C34H28N2/c1-34(2,3)33-31(35-27-17-8-4-13-23(27)24-14-5-9-18-28(24)35)21-12-22-32(33)36-29-19-10-6-15-25(29)26-16-7-11-20-30(26)36/h4-22H,1-3H3. The minimum absolute atomic E-state index is 0.0924. The molecule has 0 aliphatic carbocycles. The molecular weight excluding hydrogens is 436 g/mol. The van der Waals surface area contributed by atoms with Crippen molar-refractivity contribution in [3.63, 3.8) is 0 Å². The highest BCUT2D eigenvalue weighted by atomic mass is 15.0. The van der Waals surface area contributed by atoms with Gasteiger partial charge in [-0.3, -0.25) is 0 Å². The zero-order valence-electron chi connectivity index (χ0n) is 20.9. The molecule has 0 atom stereocenters. The molecule has 36 heavy (non-hydrogen) atoms. The molecule has 0 saturated carbocycles. The van der Waals surface area contributed by atoms with Crippen molar-refractivity contribution in [1.29, 1.82) is 0 Å². The quantitative estimate of drug-likeness (QED) is 0.241. The molecule has 0 radical (unpaired) electrons. The molecule has 2 heterocycles. The summed E-state index contributed by atoms with van der Waals surface area (Å²) >= 11 is 0. The number of hydrogen-bond donors (Lipinski definition) is 0. The van der Waals surface area contributed by atoms with E-state index in [2.05, 4.69) is 145 Å². The second kappa shape index (κ2) is 7.60. The molecule has 0 bridgehead atoms. The normalized spacial score (nSPS) is 12.3. The van der Waals surface area contributed by atoms with Gasteiger partial charge in [0.25, 0.3) is 0 Å². The maximum absolute atomic E-state index is 2.46. The molecule has 5 aromatic carbocycles. The number of rotatable bonds is 2. The Bertz CT molecular complexity index is 1690. The van der Waals surface area contributed by atoms with E-state index in [1.807, 2.05) is 0 Å². The lowest BCUT2D eigenvalue weighted by molar-refractivity contribution is 0.584. The Hall–Kier alpha value is -4.30. The summed E-state index contributed by atoms with van der Waals surface area (Å²) in [6.45, 7) is 6.99. The van der Waals surface area contributed by atoms with Crippen molar-refractivity contribution in [3.05, 3.63) is 121 Å². The molecule has 7 rings (SSSR count). The highest BCUT2D eigenvalue weighted by Gasteiger charge is 2.27. The number of nitrogens with zero attached hydrogens (tertiary/aromatic N) is 2. The van der Waals surface area contributed by atoms with Crippen LogP contribution < -0.4 is 0 Å². The number of benzene rings is 5. The number of hydrogen-bond acceptors (Lipinski definition) is 0. The third-order valence-electron chi connectivity index (χ3n) is 7.41. The Morgan fingerprint density at radius 1 is 0.389 bits per heavy atom. The van der Waals surface area contributed by atoms with Crippen molar-refractivity contribution in [3.8, 4) is 11.4 Å². The molecule has 2 aromatic heterocycles. The lowest BCUT2D eigenvalue weighted by atomic mass is 9.84. The molecule has 0 amide bonds. The van der Waals surface area contributed by atoms with Crippen molar-refractivity contribution in [2.24, 2.45) is 0 Å². The van der Waals surface area contributed by atoms with Crippen molar-refractivity contribution in [2.75, 3.05) is 0 Å². The lowest BCUT2D eigenvalue weighted by Gasteiger charge is -2.28. The first kappa shape index (κ1) is 21.0. The molecule has 174 valence electrons. The number of para-hydroxylation sites is 4. The molecule has 7 aromatic rings. The summed E-state index contributed by atoms with van der Waals surface area (Å²) in [7, 11) is 0. The van der Waals surface area contributed by atoms with Crippen LogP contribution in [0.5, 0.6) is 0 Å². The first-order valence-electron chi connectivity index (χ1n) is 12.6. The van der Waals surface area contributed by atoms with Crippen molar-refractivity contribution in [2.45, 2.75) is 26.2 Å². The zero-order valence-corrected chi connectivity index (χ0v) is 20.9. The summed E-state index contributed by atoms with van der Waals surface area (Å²) in [5, 5.41) is 5.15. The minimum atomic E-state index is -0.0924. The number of fused-ring (bicyclic) bond motifs is 6. The third-order valence-corrected chi connectivity index (χ3v) is 7.41. The van der Waals surface area contributed by atoms with Crippen LogP contribution in [0, 0.1) is 0 Å². The van der Waals surface area contributed by atoms with Gasteiger partial charge in [-0.1, -0.05) is 99.6 Å².